The molecule has 0 aromatic heterocycles. The van der Waals surface area contributed by atoms with Gasteiger partial charge in [0.2, 0.25) is 5.91 Å². The fourth-order valence-electron chi connectivity index (χ4n) is 5.47. The van der Waals surface area contributed by atoms with E-state index < -0.39 is 18.0 Å². The largest absolute Gasteiger partial charge is 0.481 e. The van der Waals surface area contributed by atoms with E-state index in [1.54, 1.807) is 0 Å². The first kappa shape index (κ1) is 24.7. The molecule has 2 aliphatic rings. The molecule has 6 heteroatoms. The van der Waals surface area contributed by atoms with E-state index in [4.69, 9.17) is 0 Å². The van der Waals surface area contributed by atoms with Gasteiger partial charge in [0.1, 0.15) is 0 Å². The molecule has 1 aromatic rings. The Morgan fingerprint density at radius 2 is 1.78 bits per heavy atom. The second kappa shape index (κ2) is 10.8. The summed E-state index contributed by atoms with van der Waals surface area (Å²) in [6.45, 7) is 7.09. The number of carbonyl (C=O) groups excluding carboxylic acids is 1. The molecule has 2 fully saturated rings. The highest BCUT2D eigenvalue weighted by atomic mass is 16.4. The third-order valence-electron chi connectivity index (χ3n) is 6.98. The minimum Gasteiger partial charge on any atom is -0.481 e. The van der Waals surface area contributed by atoms with Crippen molar-refractivity contribution in [3.8, 4) is 0 Å². The van der Waals surface area contributed by atoms with E-state index in [9.17, 15) is 19.8 Å². The molecule has 1 saturated carbocycles. The van der Waals surface area contributed by atoms with Crippen LogP contribution in [-0.2, 0) is 16.0 Å². The topological polar surface area (TPSA) is 89.9 Å². The summed E-state index contributed by atoms with van der Waals surface area (Å²) in [4.78, 5) is 27.1. The predicted molar refractivity (Wildman–Crippen MR) is 125 cm³/mol. The molecule has 1 aliphatic heterocycles. The first-order chi connectivity index (χ1) is 15.1. The molecule has 1 heterocycles. The second-order valence-electron chi connectivity index (χ2n) is 10.9. The van der Waals surface area contributed by atoms with Gasteiger partial charge in [0.25, 0.3) is 0 Å². The van der Waals surface area contributed by atoms with Crippen molar-refractivity contribution in [1.82, 2.24) is 10.2 Å². The summed E-state index contributed by atoms with van der Waals surface area (Å²) in [5.41, 5.74) is 0.645. The van der Waals surface area contributed by atoms with Crippen LogP contribution in [0.1, 0.15) is 64.9 Å². The van der Waals surface area contributed by atoms with E-state index in [1.165, 1.54) is 25.7 Å². The fourth-order valence-corrected chi connectivity index (χ4v) is 5.47. The zero-order chi connectivity index (χ0) is 23.3. The van der Waals surface area contributed by atoms with Crippen molar-refractivity contribution in [2.24, 2.45) is 17.8 Å². The van der Waals surface area contributed by atoms with Gasteiger partial charge in [-0.05, 0) is 63.9 Å². The van der Waals surface area contributed by atoms with E-state index >= 15 is 0 Å². The Morgan fingerprint density at radius 3 is 2.41 bits per heavy atom. The highest BCUT2D eigenvalue weighted by Crippen LogP contribution is 2.39. The lowest BCUT2D eigenvalue weighted by Gasteiger charge is -2.46. The highest BCUT2D eigenvalue weighted by molar-refractivity contribution is 5.82. The number of benzene rings is 1. The molecule has 0 radical (unpaired) electrons. The number of piperidine rings is 1. The van der Waals surface area contributed by atoms with Gasteiger partial charge in [0, 0.05) is 18.6 Å². The number of hydrogen-bond donors (Lipinski definition) is 3. The van der Waals surface area contributed by atoms with Crippen LogP contribution < -0.4 is 5.32 Å². The normalized spacial score (nSPS) is 26.1. The predicted octanol–water partition coefficient (Wildman–Crippen LogP) is 3.48. The van der Waals surface area contributed by atoms with Crippen molar-refractivity contribution in [2.45, 2.75) is 83.4 Å². The van der Waals surface area contributed by atoms with Gasteiger partial charge in [0.05, 0.1) is 18.1 Å². The van der Waals surface area contributed by atoms with Crippen molar-refractivity contribution in [1.29, 1.82) is 0 Å². The smallest absolute Gasteiger partial charge is 0.306 e. The van der Waals surface area contributed by atoms with Crippen LogP contribution >= 0.6 is 0 Å². The number of carboxylic acid groups (broad SMARTS) is 1. The minimum atomic E-state index is -0.888. The van der Waals surface area contributed by atoms with Crippen LogP contribution in [0, 0.1) is 17.8 Å². The number of fused-ring (bicyclic) bond motifs is 1. The number of aliphatic hydroxyl groups excluding tert-OH is 1. The highest BCUT2D eigenvalue weighted by Gasteiger charge is 2.41. The van der Waals surface area contributed by atoms with Crippen LogP contribution in [-0.4, -0.2) is 57.8 Å². The first-order valence-electron chi connectivity index (χ1n) is 12.1. The molecule has 6 nitrogen and oxygen atoms in total. The number of likely N-dealkylation sites (tertiary alicyclic amines) is 1. The van der Waals surface area contributed by atoms with Crippen molar-refractivity contribution >= 4 is 11.9 Å². The van der Waals surface area contributed by atoms with Gasteiger partial charge in [-0.1, -0.05) is 49.6 Å². The minimum absolute atomic E-state index is 0.0211. The molecular formula is C26H40N2O4. The van der Waals surface area contributed by atoms with Gasteiger partial charge in [-0.25, -0.2) is 0 Å². The lowest BCUT2D eigenvalue weighted by atomic mass is 9.72. The average Bonchev–Trinajstić information content (AvgIpc) is 2.72. The number of hydrogen-bond acceptors (Lipinski definition) is 4. The Hall–Kier alpha value is -1.92. The molecule has 178 valence electrons. The van der Waals surface area contributed by atoms with Crippen molar-refractivity contribution in [3.05, 3.63) is 35.9 Å². The summed E-state index contributed by atoms with van der Waals surface area (Å²) in [6, 6.07) is 9.29. The number of carboxylic acids is 1. The number of β-amino-alcohol motifs (C(OH)–C–C–N with tert-alkyl or cyclic N) is 1. The Kier molecular flexibility index (Phi) is 8.34. The maximum atomic E-state index is 13.1. The van der Waals surface area contributed by atoms with E-state index in [2.05, 4.69) is 10.2 Å². The van der Waals surface area contributed by atoms with Crippen LogP contribution in [0.3, 0.4) is 0 Å². The molecule has 1 amide bonds. The lowest BCUT2D eigenvalue weighted by molar-refractivity contribution is -0.143. The van der Waals surface area contributed by atoms with Crippen molar-refractivity contribution < 1.29 is 19.8 Å². The number of rotatable bonds is 8. The molecule has 1 saturated heterocycles. The molecule has 5 atom stereocenters. The summed E-state index contributed by atoms with van der Waals surface area (Å²) in [6.07, 6.45) is 5.44. The molecule has 3 N–H and O–H groups in total. The van der Waals surface area contributed by atoms with Gasteiger partial charge in [-0.2, -0.15) is 0 Å². The Bertz CT molecular complexity index is 761. The summed E-state index contributed by atoms with van der Waals surface area (Å²) >= 11 is 0. The molecule has 3 rings (SSSR count). The average molecular weight is 445 g/mol. The third-order valence-corrected chi connectivity index (χ3v) is 6.98. The van der Waals surface area contributed by atoms with Gasteiger partial charge in [0.15, 0.2) is 0 Å². The standard InChI is InChI=1S/C26H40N2O4/c1-26(2,3)27-24(30)23-15-19-11-7-8-12-20(19)16-28(23)17-22(29)14-21(25(31)32)13-18-9-5-4-6-10-18/h4-6,9-10,19-23,29H,7-8,11-17H2,1-3H3,(H,27,30)(H,31,32)/t19-,20+,21-,22-,23-/m0/s1. The molecule has 1 aliphatic carbocycles. The number of aliphatic carboxylic acids is 1. The van der Waals surface area contributed by atoms with Crippen LogP contribution in [0.5, 0.6) is 0 Å². The number of nitrogens with zero attached hydrogens (tertiary/aromatic N) is 1. The van der Waals surface area contributed by atoms with Crippen LogP contribution in [0.15, 0.2) is 30.3 Å². The Morgan fingerprint density at radius 1 is 1.12 bits per heavy atom. The Labute approximate surface area is 192 Å². The summed E-state index contributed by atoms with van der Waals surface area (Å²) < 4.78 is 0. The SMILES string of the molecule is CC(C)(C)NC(=O)[C@@H]1C[C@@H]2CCCC[C@@H]2CN1C[C@@H](O)C[C@H](Cc1ccccc1)C(=O)O. The lowest BCUT2D eigenvalue weighted by Crippen LogP contribution is -2.58. The van der Waals surface area contributed by atoms with E-state index in [-0.39, 0.29) is 23.9 Å². The zero-order valence-corrected chi connectivity index (χ0v) is 19.8. The monoisotopic (exact) mass is 444 g/mol. The van der Waals surface area contributed by atoms with Crippen molar-refractivity contribution in [3.63, 3.8) is 0 Å². The van der Waals surface area contributed by atoms with Gasteiger partial charge < -0.3 is 15.5 Å². The van der Waals surface area contributed by atoms with Crippen LogP contribution in [0.4, 0.5) is 0 Å². The molecule has 0 spiro atoms. The molecule has 0 bridgehead atoms. The number of nitrogens with one attached hydrogen (secondary N) is 1. The quantitative estimate of drug-likeness (QED) is 0.571. The van der Waals surface area contributed by atoms with Crippen molar-refractivity contribution in [2.75, 3.05) is 13.1 Å². The maximum absolute atomic E-state index is 13.1. The summed E-state index contributed by atoms with van der Waals surface area (Å²) in [7, 11) is 0. The second-order valence-corrected chi connectivity index (χ2v) is 10.9. The van der Waals surface area contributed by atoms with Gasteiger partial charge in [-0.15, -0.1) is 0 Å². The van der Waals surface area contributed by atoms with Crippen LogP contribution in [0.2, 0.25) is 0 Å². The molecule has 1 aromatic carbocycles. The maximum Gasteiger partial charge on any atom is 0.306 e. The number of aliphatic hydroxyl groups is 1. The first-order valence-corrected chi connectivity index (χ1v) is 12.1. The van der Waals surface area contributed by atoms with Crippen LogP contribution in [0.25, 0.3) is 0 Å². The molecular weight excluding hydrogens is 404 g/mol. The zero-order valence-electron chi connectivity index (χ0n) is 19.8. The van der Waals surface area contributed by atoms with E-state index in [1.807, 2.05) is 51.1 Å². The summed E-state index contributed by atoms with van der Waals surface area (Å²) in [5, 5.41) is 23.7. The number of amides is 1. The summed E-state index contributed by atoms with van der Waals surface area (Å²) in [5.74, 6) is -0.387. The Balaban J connectivity index is 1.67. The number of carbonyl (C=O) groups is 2. The molecule has 32 heavy (non-hydrogen) atoms. The third kappa shape index (κ3) is 7.04. The van der Waals surface area contributed by atoms with E-state index in [0.717, 1.165) is 18.5 Å². The van der Waals surface area contributed by atoms with Gasteiger partial charge >= 0.3 is 5.97 Å². The van der Waals surface area contributed by atoms with Gasteiger partial charge in [-0.3, -0.25) is 14.5 Å². The fraction of sp³-hybridized carbons (Fsp3) is 0.692. The van der Waals surface area contributed by atoms with E-state index in [0.29, 0.717) is 24.8 Å². The molecule has 0 unspecified atom stereocenters.